The molecule has 132 valence electrons. The first kappa shape index (κ1) is 18.5. The summed E-state index contributed by atoms with van der Waals surface area (Å²) in [4.78, 5) is 24.2. The van der Waals surface area contributed by atoms with Gasteiger partial charge < -0.3 is 14.8 Å². The zero-order valence-electron chi connectivity index (χ0n) is 15.2. The van der Waals surface area contributed by atoms with Gasteiger partial charge in [0, 0.05) is 5.69 Å². The number of ether oxygens (including phenoxy) is 2. The molecule has 0 aliphatic rings. The van der Waals surface area contributed by atoms with Gasteiger partial charge in [-0.25, -0.2) is 4.79 Å². The van der Waals surface area contributed by atoms with Gasteiger partial charge in [0.2, 0.25) is 0 Å². The highest BCUT2D eigenvalue weighted by molar-refractivity contribution is 5.98. The van der Waals surface area contributed by atoms with Crippen LogP contribution in [0.25, 0.3) is 0 Å². The van der Waals surface area contributed by atoms with Gasteiger partial charge in [0.15, 0.2) is 6.10 Å². The highest BCUT2D eigenvalue weighted by atomic mass is 16.5. The van der Waals surface area contributed by atoms with Crippen molar-refractivity contribution in [1.29, 1.82) is 0 Å². The molecule has 2 aromatic carbocycles. The summed E-state index contributed by atoms with van der Waals surface area (Å²) >= 11 is 0. The predicted molar refractivity (Wildman–Crippen MR) is 97.2 cm³/mol. The van der Waals surface area contributed by atoms with E-state index in [0.29, 0.717) is 22.6 Å². The van der Waals surface area contributed by atoms with Crippen molar-refractivity contribution in [3.8, 4) is 5.75 Å². The van der Waals surface area contributed by atoms with Crippen LogP contribution >= 0.6 is 0 Å². The van der Waals surface area contributed by atoms with E-state index in [2.05, 4.69) is 5.32 Å². The minimum atomic E-state index is -0.678. The van der Waals surface area contributed by atoms with Crippen LogP contribution in [0.15, 0.2) is 36.4 Å². The van der Waals surface area contributed by atoms with Gasteiger partial charge in [0.1, 0.15) is 5.75 Å². The van der Waals surface area contributed by atoms with Gasteiger partial charge in [-0.05, 0) is 68.7 Å². The molecule has 5 heteroatoms. The van der Waals surface area contributed by atoms with Crippen LogP contribution in [0.5, 0.6) is 5.75 Å². The van der Waals surface area contributed by atoms with Crippen molar-refractivity contribution in [2.24, 2.45) is 0 Å². The normalized spacial score (nSPS) is 11.6. The highest BCUT2D eigenvalue weighted by Gasteiger charge is 2.18. The monoisotopic (exact) mass is 341 g/mol. The van der Waals surface area contributed by atoms with E-state index in [0.717, 1.165) is 11.1 Å². The molecular weight excluding hydrogens is 318 g/mol. The van der Waals surface area contributed by atoms with E-state index in [4.69, 9.17) is 9.47 Å². The van der Waals surface area contributed by atoms with Gasteiger partial charge in [0.25, 0.3) is 5.91 Å². The first-order valence-electron chi connectivity index (χ1n) is 8.05. The summed E-state index contributed by atoms with van der Waals surface area (Å²) in [5.41, 5.74) is 3.78. The molecule has 25 heavy (non-hydrogen) atoms. The summed E-state index contributed by atoms with van der Waals surface area (Å²) in [5, 5.41) is 2.81. The number of hydrogen-bond acceptors (Lipinski definition) is 4. The second-order valence-corrected chi connectivity index (χ2v) is 6.04. The van der Waals surface area contributed by atoms with Gasteiger partial charge in [-0.1, -0.05) is 12.1 Å². The summed E-state index contributed by atoms with van der Waals surface area (Å²) < 4.78 is 10.5. The van der Waals surface area contributed by atoms with Gasteiger partial charge >= 0.3 is 5.97 Å². The molecule has 2 aromatic rings. The molecule has 0 heterocycles. The van der Waals surface area contributed by atoms with Crippen molar-refractivity contribution in [2.45, 2.75) is 33.8 Å². The Morgan fingerprint density at radius 1 is 1.04 bits per heavy atom. The van der Waals surface area contributed by atoms with Crippen molar-refractivity contribution < 1.29 is 19.1 Å². The average Bonchev–Trinajstić information content (AvgIpc) is 2.55. The molecule has 2 rings (SSSR count). The van der Waals surface area contributed by atoms with Gasteiger partial charge in [-0.2, -0.15) is 0 Å². The molecule has 0 spiro atoms. The Labute approximate surface area is 148 Å². The lowest BCUT2D eigenvalue weighted by molar-refractivity contribution is -0.122. The minimum Gasteiger partial charge on any atom is -0.481 e. The number of nitrogens with one attached hydrogen (secondary N) is 1. The van der Waals surface area contributed by atoms with Gasteiger partial charge in [-0.3, -0.25) is 4.79 Å². The zero-order valence-corrected chi connectivity index (χ0v) is 15.2. The van der Waals surface area contributed by atoms with E-state index in [1.807, 2.05) is 32.0 Å². The molecule has 0 bridgehead atoms. The molecule has 0 aromatic heterocycles. The highest BCUT2D eigenvalue weighted by Crippen LogP contribution is 2.21. The minimum absolute atomic E-state index is 0.288. The molecule has 1 N–H and O–H groups in total. The quantitative estimate of drug-likeness (QED) is 0.840. The summed E-state index contributed by atoms with van der Waals surface area (Å²) in [5.74, 6) is -0.0717. The number of hydrogen-bond donors (Lipinski definition) is 1. The zero-order chi connectivity index (χ0) is 18.6. The Morgan fingerprint density at radius 3 is 2.28 bits per heavy atom. The third kappa shape index (κ3) is 4.59. The van der Waals surface area contributed by atoms with Crippen molar-refractivity contribution in [3.63, 3.8) is 0 Å². The molecule has 5 nitrogen and oxygen atoms in total. The predicted octanol–water partition coefficient (Wildman–Crippen LogP) is 3.80. The Morgan fingerprint density at radius 2 is 1.68 bits per heavy atom. The van der Waals surface area contributed by atoms with Crippen LogP contribution in [0.4, 0.5) is 5.69 Å². The Bertz CT molecular complexity index is 778. The molecule has 0 saturated heterocycles. The van der Waals surface area contributed by atoms with Crippen LogP contribution in [-0.4, -0.2) is 25.1 Å². The maximum Gasteiger partial charge on any atom is 0.338 e. The average molecular weight is 341 g/mol. The van der Waals surface area contributed by atoms with Gasteiger partial charge in [0.05, 0.1) is 12.7 Å². The molecular formula is C20H23NO4. The van der Waals surface area contributed by atoms with E-state index in [-0.39, 0.29) is 5.91 Å². The van der Waals surface area contributed by atoms with E-state index in [1.165, 1.54) is 7.11 Å². The Balaban J connectivity index is 2.12. The fourth-order valence-electron chi connectivity index (χ4n) is 2.60. The van der Waals surface area contributed by atoms with E-state index in [1.54, 1.807) is 32.0 Å². The van der Waals surface area contributed by atoms with Crippen molar-refractivity contribution in [2.75, 3.05) is 12.4 Å². The maximum absolute atomic E-state index is 12.4. The topological polar surface area (TPSA) is 64.6 Å². The lowest BCUT2D eigenvalue weighted by Gasteiger charge is -2.17. The SMILES string of the molecule is COC(=O)c1cccc(NC(=O)[C@@H](C)Oc2cc(C)cc(C)c2)c1C. The summed E-state index contributed by atoms with van der Waals surface area (Å²) in [7, 11) is 1.33. The van der Waals surface area contributed by atoms with Crippen LogP contribution in [0, 0.1) is 20.8 Å². The van der Waals surface area contributed by atoms with E-state index in [9.17, 15) is 9.59 Å². The second-order valence-electron chi connectivity index (χ2n) is 6.04. The third-order valence-electron chi connectivity index (χ3n) is 3.87. The van der Waals surface area contributed by atoms with Crippen molar-refractivity contribution in [3.05, 3.63) is 58.7 Å². The number of aryl methyl sites for hydroxylation is 2. The number of anilines is 1. The molecule has 0 fully saturated rings. The van der Waals surface area contributed by atoms with Crippen molar-refractivity contribution >= 4 is 17.6 Å². The van der Waals surface area contributed by atoms with Crippen LogP contribution in [-0.2, 0) is 9.53 Å². The fraction of sp³-hybridized carbons (Fsp3) is 0.300. The lowest BCUT2D eigenvalue weighted by atomic mass is 10.1. The molecule has 1 atom stereocenters. The lowest BCUT2D eigenvalue weighted by Crippen LogP contribution is -2.30. The van der Waals surface area contributed by atoms with Crippen molar-refractivity contribution in [1.82, 2.24) is 0 Å². The first-order chi connectivity index (χ1) is 11.8. The Hall–Kier alpha value is -2.82. The maximum atomic E-state index is 12.4. The number of carbonyl (C=O) groups is 2. The van der Waals surface area contributed by atoms with Crippen LogP contribution < -0.4 is 10.1 Å². The number of esters is 1. The Kier molecular flexibility index (Phi) is 5.80. The van der Waals surface area contributed by atoms with Crippen LogP contribution in [0.3, 0.4) is 0 Å². The summed E-state index contributed by atoms with van der Waals surface area (Å²) in [6, 6.07) is 10.9. The second kappa shape index (κ2) is 7.83. The van der Waals surface area contributed by atoms with Gasteiger partial charge in [-0.15, -0.1) is 0 Å². The number of benzene rings is 2. The molecule has 0 aliphatic heterocycles. The van der Waals surface area contributed by atoms with E-state index < -0.39 is 12.1 Å². The standard InChI is InChI=1S/C20H23NO4/c1-12-9-13(2)11-16(10-12)25-15(4)19(22)21-18-8-6-7-17(14(18)3)20(23)24-5/h6-11,15H,1-5H3,(H,21,22)/t15-/m1/s1. The number of rotatable bonds is 5. The van der Waals surface area contributed by atoms with E-state index >= 15 is 0 Å². The number of methoxy groups -OCH3 is 1. The fourth-order valence-corrected chi connectivity index (χ4v) is 2.60. The molecule has 0 saturated carbocycles. The summed E-state index contributed by atoms with van der Waals surface area (Å²) in [6.45, 7) is 7.41. The molecule has 0 aliphatic carbocycles. The molecule has 0 unspecified atom stereocenters. The number of amides is 1. The number of carbonyl (C=O) groups excluding carboxylic acids is 2. The smallest absolute Gasteiger partial charge is 0.338 e. The largest absolute Gasteiger partial charge is 0.481 e. The molecule has 0 radical (unpaired) electrons. The van der Waals surface area contributed by atoms with Crippen LogP contribution in [0.2, 0.25) is 0 Å². The third-order valence-corrected chi connectivity index (χ3v) is 3.87. The summed E-state index contributed by atoms with van der Waals surface area (Å²) in [6.07, 6.45) is -0.678. The van der Waals surface area contributed by atoms with Crippen LogP contribution in [0.1, 0.15) is 34.0 Å². The molecule has 1 amide bonds. The first-order valence-corrected chi connectivity index (χ1v) is 8.05.